The number of nitrogens with zero attached hydrogens (tertiary/aromatic N) is 2. The van der Waals surface area contributed by atoms with Gasteiger partial charge in [-0.3, -0.25) is 4.57 Å². The number of likely N-dealkylation sites (tertiary alicyclic amines) is 1. The van der Waals surface area contributed by atoms with Gasteiger partial charge < -0.3 is 9.32 Å². The van der Waals surface area contributed by atoms with E-state index in [0.717, 1.165) is 13.1 Å². The summed E-state index contributed by atoms with van der Waals surface area (Å²) in [4.78, 5) is 13.8. The highest BCUT2D eigenvalue weighted by Gasteiger charge is 2.32. The molecule has 2 aromatic rings. The summed E-state index contributed by atoms with van der Waals surface area (Å²) < 4.78 is 34.4. The fraction of sp³-hybridized carbons (Fsp3) is 0.533. The molecule has 23 heavy (non-hydrogen) atoms. The Morgan fingerprint density at radius 1 is 1.35 bits per heavy atom. The highest BCUT2D eigenvalue weighted by molar-refractivity contribution is 7.89. The molecule has 3 rings (SSSR count). The number of fused-ring (bicyclic) bond motifs is 1. The smallest absolute Gasteiger partial charge is 0.408 e. The average molecular weight is 339 g/mol. The molecule has 7 nitrogen and oxygen atoms in total. The average Bonchev–Trinajstić information content (AvgIpc) is 2.99. The Balaban J connectivity index is 1.89. The van der Waals surface area contributed by atoms with Crippen LogP contribution in [-0.2, 0) is 17.1 Å². The number of hydrogen-bond acceptors (Lipinski definition) is 5. The molecule has 0 bridgehead atoms. The molecule has 0 saturated carbocycles. The van der Waals surface area contributed by atoms with E-state index >= 15 is 0 Å². The van der Waals surface area contributed by atoms with E-state index in [4.69, 9.17) is 4.42 Å². The minimum Gasteiger partial charge on any atom is -0.408 e. The summed E-state index contributed by atoms with van der Waals surface area (Å²) in [7, 11) is -2.07. The third-order valence-corrected chi connectivity index (χ3v) is 6.00. The van der Waals surface area contributed by atoms with Crippen LogP contribution in [0.4, 0.5) is 0 Å². The SMILES string of the molecule is CCN1C[C@@H](C)[C@H](NS(=O)(=O)c2ccc3c(c2)oc(=O)n3C)C1. The van der Waals surface area contributed by atoms with E-state index in [1.807, 2.05) is 6.92 Å². The van der Waals surface area contributed by atoms with Crippen LogP contribution in [0, 0.1) is 5.92 Å². The summed E-state index contributed by atoms with van der Waals surface area (Å²) in [6, 6.07) is 4.37. The maximum atomic E-state index is 12.6. The van der Waals surface area contributed by atoms with Gasteiger partial charge in [-0.05, 0) is 24.6 Å². The number of likely N-dealkylation sites (N-methyl/N-ethyl adjacent to an activating group) is 1. The quantitative estimate of drug-likeness (QED) is 0.888. The predicted molar refractivity (Wildman–Crippen MR) is 86.8 cm³/mol. The molecule has 1 saturated heterocycles. The largest absolute Gasteiger partial charge is 0.419 e. The van der Waals surface area contributed by atoms with Crippen LogP contribution < -0.4 is 10.5 Å². The van der Waals surface area contributed by atoms with Gasteiger partial charge in [0.2, 0.25) is 10.0 Å². The van der Waals surface area contributed by atoms with E-state index in [0.29, 0.717) is 12.1 Å². The minimum atomic E-state index is -3.65. The van der Waals surface area contributed by atoms with Crippen molar-refractivity contribution in [2.45, 2.75) is 24.8 Å². The van der Waals surface area contributed by atoms with Crippen LogP contribution in [0.5, 0.6) is 0 Å². The van der Waals surface area contributed by atoms with Crippen molar-refractivity contribution < 1.29 is 12.8 Å². The number of sulfonamides is 1. The van der Waals surface area contributed by atoms with E-state index in [9.17, 15) is 13.2 Å². The lowest BCUT2D eigenvalue weighted by molar-refractivity contribution is 0.344. The summed E-state index contributed by atoms with van der Waals surface area (Å²) in [6.45, 7) is 6.61. The van der Waals surface area contributed by atoms with Gasteiger partial charge in [0.05, 0.1) is 10.4 Å². The molecule has 0 unspecified atom stereocenters. The zero-order chi connectivity index (χ0) is 16.8. The van der Waals surface area contributed by atoms with Crippen molar-refractivity contribution in [1.82, 2.24) is 14.2 Å². The first kappa shape index (κ1) is 16.2. The fourth-order valence-electron chi connectivity index (χ4n) is 3.03. The van der Waals surface area contributed by atoms with Gasteiger partial charge in [0.1, 0.15) is 0 Å². The van der Waals surface area contributed by atoms with Gasteiger partial charge in [-0.1, -0.05) is 13.8 Å². The van der Waals surface area contributed by atoms with Crippen LogP contribution in [0.1, 0.15) is 13.8 Å². The van der Waals surface area contributed by atoms with E-state index in [-0.39, 0.29) is 22.4 Å². The Labute approximate surface area is 134 Å². The Kier molecular flexibility index (Phi) is 4.07. The monoisotopic (exact) mass is 339 g/mol. The second kappa shape index (κ2) is 5.77. The second-order valence-corrected chi connectivity index (χ2v) is 7.83. The molecule has 0 spiro atoms. The Bertz CT molecular complexity index is 884. The molecule has 1 aromatic heterocycles. The third kappa shape index (κ3) is 2.93. The van der Waals surface area contributed by atoms with Crippen molar-refractivity contribution in [1.29, 1.82) is 0 Å². The standard InChI is InChI=1S/C15H21N3O4S/c1-4-18-8-10(2)12(9-18)16-23(20,21)11-5-6-13-14(7-11)22-15(19)17(13)3/h5-7,10,12,16H,4,8-9H2,1-3H3/t10-,12-/m1/s1. The van der Waals surface area contributed by atoms with Gasteiger partial charge in [0.25, 0.3) is 0 Å². The van der Waals surface area contributed by atoms with Gasteiger partial charge in [-0.2, -0.15) is 0 Å². The summed E-state index contributed by atoms with van der Waals surface area (Å²) >= 11 is 0. The summed E-state index contributed by atoms with van der Waals surface area (Å²) in [5.41, 5.74) is 0.843. The molecule has 1 fully saturated rings. The Hall–Kier alpha value is -1.64. The molecule has 1 N–H and O–H groups in total. The first-order chi connectivity index (χ1) is 10.8. The lowest BCUT2D eigenvalue weighted by atomic mass is 10.1. The van der Waals surface area contributed by atoms with Crippen molar-refractivity contribution in [2.24, 2.45) is 13.0 Å². The first-order valence-corrected chi connectivity index (χ1v) is 9.14. The maximum absolute atomic E-state index is 12.6. The minimum absolute atomic E-state index is 0.112. The van der Waals surface area contributed by atoms with Crippen LogP contribution >= 0.6 is 0 Å². The molecule has 2 atom stereocenters. The number of oxazole rings is 1. The number of aromatic nitrogens is 1. The van der Waals surface area contributed by atoms with Crippen LogP contribution in [0.3, 0.4) is 0 Å². The molecule has 0 aliphatic carbocycles. The van der Waals surface area contributed by atoms with Crippen molar-refractivity contribution in [3.8, 4) is 0 Å². The van der Waals surface area contributed by atoms with E-state index < -0.39 is 15.8 Å². The maximum Gasteiger partial charge on any atom is 0.419 e. The molecule has 0 amide bonds. The number of aryl methyl sites for hydroxylation is 1. The van der Waals surface area contributed by atoms with Gasteiger partial charge >= 0.3 is 5.76 Å². The van der Waals surface area contributed by atoms with E-state index in [1.54, 1.807) is 13.1 Å². The van der Waals surface area contributed by atoms with Gasteiger partial charge in [-0.15, -0.1) is 0 Å². The summed E-state index contributed by atoms with van der Waals surface area (Å²) in [5.74, 6) is -0.256. The number of rotatable bonds is 4. The van der Waals surface area contributed by atoms with Crippen molar-refractivity contribution in [3.05, 3.63) is 28.7 Å². The second-order valence-electron chi connectivity index (χ2n) is 6.11. The van der Waals surface area contributed by atoms with Crippen molar-refractivity contribution in [3.63, 3.8) is 0 Å². The lowest BCUT2D eigenvalue weighted by Crippen LogP contribution is -2.39. The molecular formula is C15H21N3O4S. The van der Waals surface area contributed by atoms with E-state index in [1.165, 1.54) is 16.7 Å². The molecular weight excluding hydrogens is 318 g/mol. The van der Waals surface area contributed by atoms with E-state index in [2.05, 4.69) is 16.5 Å². The topological polar surface area (TPSA) is 84.6 Å². The summed E-state index contributed by atoms with van der Waals surface area (Å²) in [5, 5.41) is 0. The zero-order valence-corrected chi connectivity index (χ0v) is 14.3. The summed E-state index contributed by atoms with van der Waals surface area (Å²) in [6.07, 6.45) is 0. The molecule has 0 radical (unpaired) electrons. The third-order valence-electron chi connectivity index (χ3n) is 4.52. The van der Waals surface area contributed by atoms with Crippen molar-refractivity contribution >= 4 is 21.1 Å². The molecule has 1 aromatic carbocycles. The predicted octanol–water partition coefficient (Wildman–Crippen LogP) is 0.750. The lowest BCUT2D eigenvalue weighted by Gasteiger charge is -2.16. The first-order valence-electron chi connectivity index (χ1n) is 7.66. The van der Waals surface area contributed by atoms with Gasteiger partial charge in [-0.25, -0.2) is 17.9 Å². The molecule has 1 aliphatic rings. The van der Waals surface area contributed by atoms with Crippen molar-refractivity contribution in [2.75, 3.05) is 19.6 Å². The Morgan fingerprint density at radius 2 is 2.09 bits per heavy atom. The molecule has 2 heterocycles. The highest BCUT2D eigenvalue weighted by atomic mass is 32.2. The van der Waals surface area contributed by atoms with Crippen LogP contribution in [-0.4, -0.2) is 43.6 Å². The highest BCUT2D eigenvalue weighted by Crippen LogP contribution is 2.21. The van der Waals surface area contributed by atoms with Crippen LogP contribution in [0.25, 0.3) is 11.1 Å². The number of nitrogens with one attached hydrogen (secondary N) is 1. The Morgan fingerprint density at radius 3 is 2.74 bits per heavy atom. The molecule has 8 heteroatoms. The van der Waals surface area contributed by atoms with Gasteiger partial charge in [0.15, 0.2) is 5.58 Å². The van der Waals surface area contributed by atoms with Crippen LogP contribution in [0.2, 0.25) is 0 Å². The molecule has 126 valence electrons. The fourth-order valence-corrected chi connectivity index (χ4v) is 4.38. The number of benzene rings is 1. The zero-order valence-electron chi connectivity index (χ0n) is 13.4. The van der Waals surface area contributed by atoms with Crippen LogP contribution in [0.15, 0.2) is 32.3 Å². The van der Waals surface area contributed by atoms with Gasteiger partial charge in [0, 0.05) is 32.2 Å². The normalized spacial score (nSPS) is 22.9. The number of hydrogen-bond donors (Lipinski definition) is 1. The molecule has 1 aliphatic heterocycles.